The van der Waals surface area contributed by atoms with E-state index < -0.39 is 0 Å². The topological polar surface area (TPSA) is 61.7 Å². The third-order valence-corrected chi connectivity index (χ3v) is 4.53. The van der Waals surface area contributed by atoms with E-state index in [1.54, 1.807) is 25.1 Å². The first-order valence-electron chi connectivity index (χ1n) is 7.00. The molecule has 0 aromatic heterocycles. The Bertz CT molecular complexity index is 719. The van der Waals surface area contributed by atoms with Crippen molar-refractivity contribution in [2.75, 3.05) is 5.75 Å². The molecule has 0 aliphatic carbocycles. The second-order valence-corrected chi connectivity index (χ2v) is 6.77. The highest BCUT2D eigenvalue weighted by Gasteiger charge is 2.05. The van der Waals surface area contributed by atoms with Crippen LogP contribution in [0.3, 0.4) is 0 Å². The number of phenols is 1. The highest BCUT2D eigenvalue weighted by Crippen LogP contribution is 2.17. The number of carbonyl (C=O) groups is 1. The summed E-state index contributed by atoms with van der Waals surface area (Å²) in [6.45, 7) is 1.74. The van der Waals surface area contributed by atoms with Crippen molar-refractivity contribution < 1.29 is 9.90 Å². The van der Waals surface area contributed by atoms with Crippen LogP contribution in [-0.4, -0.2) is 22.5 Å². The van der Waals surface area contributed by atoms with E-state index >= 15 is 0 Å². The van der Waals surface area contributed by atoms with Gasteiger partial charge in [0.15, 0.2) is 0 Å². The highest BCUT2D eigenvalue weighted by atomic mass is 79.9. The molecule has 2 N–H and O–H groups in total. The van der Waals surface area contributed by atoms with Crippen molar-refractivity contribution in [3.05, 3.63) is 64.1 Å². The zero-order valence-electron chi connectivity index (χ0n) is 12.6. The Morgan fingerprint density at radius 1 is 1.26 bits per heavy atom. The van der Waals surface area contributed by atoms with Crippen LogP contribution in [0.15, 0.2) is 58.1 Å². The number of amides is 1. The van der Waals surface area contributed by atoms with Gasteiger partial charge in [0.05, 0.1) is 11.5 Å². The number of nitrogens with zero attached hydrogens (tertiary/aromatic N) is 1. The van der Waals surface area contributed by atoms with Crippen molar-refractivity contribution in [2.45, 2.75) is 12.7 Å². The average Bonchev–Trinajstić information content (AvgIpc) is 2.53. The van der Waals surface area contributed by atoms with Gasteiger partial charge in [-0.3, -0.25) is 4.79 Å². The normalized spacial score (nSPS) is 11.3. The van der Waals surface area contributed by atoms with Gasteiger partial charge in [-0.05, 0) is 36.8 Å². The van der Waals surface area contributed by atoms with Crippen molar-refractivity contribution in [1.82, 2.24) is 5.43 Å². The van der Waals surface area contributed by atoms with Crippen molar-refractivity contribution in [1.29, 1.82) is 0 Å². The van der Waals surface area contributed by atoms with Gasteiger partial charge in [0.2, 0.25) is 5.91 Å². The summed E-state index contributed by atoms with van der Waals surface area (Å²) in [6, 6.07) is 14.9. The molecule has 2 rings (SSSR count). The maximum atomic E-state index is 11.8. The summed E-state index contributed by atoms with van der Waals surface area (Å²) in [5.41, 5.74) is 4.84. The molecule has 0 radical (unpaired) electrons. The largest absolute Gasteiger partial charge is 0.507 e. The van der Waals surface area contributed by atoms with Crippen LogP contribution in [0, 0.1) is 0 Å². The lowest BCUT2D eigenvalue weighted by Crippen LogP contribution is -2.21. The van der Waals surface area contributed by atoms with Crippen molar-refractivity contribution in [2.24, 2.45) is 5.10 Å². The number of halogens is 1. The smallest absolute Gasteiger partial charge is 0.250 e. The van der Waals surface area contributed by atoms with Crippen LogP contribution in [0.1, 0.15) is 18.1 Å². The number of thioether (sulfide) groups is 1. The Kier molecular flexibility index (Phi) is 6.67. The molecule has 2 aromatic rings. The quantitative estimate of drug-likeness (QED) is 0.578. The number of nitrogens with one attached hydrogen (secondary N) is 1. The van der Waals surface area contributed by atoms with Crippen LogP contribution in [-0.2, 0) is 10.5 Å². The Hall–Kier alpha value is -1.79. The zero-order chi connectivity index (χ0) is 16.7. The monoisotopic (exact) mass is 392 g/mol. The molecule has 0 aliphatic heterocycles. The molecule has 2 aromatic carbocycles. The minimum atomic E-state index is -0.167. The molecular formula is C17H17BrN2O2S. The van der Waals surface area contributed by atoms with Crippen molar-refractivity contribution in [3.63, 3.8) is 0 Å². The third kappa shape index (κ3) is 5.73. The van der Waals surface area contributed by atoms with Crippen LogP contribution in [0.4, 0.5) is 0 Å². The van der Waals surface area contributed by atoms with E-state index in [-0.39, 0.29) is 11.7 Å². The number of benzene rings is 2. The Labute approximate surface area is 148 Å². The number of aromatic hydroxyl groups is 1. The summed E-state index contributed by atoms with van der Waals surface area (Å²) in [5.74, 6) is 1.06. The fourth-order valence-corrected chi connectivity index (χ4v) is 3.12. The van der Waals surface area contributed by atoms with E-state index in [2.05, 4.69) is 26.5 Å². The Morgan fingerprint density at radius 3 is 2.78 bits per heavy atom. The summed E-state index contributed by atoms with van der Waals surface area (Å²) in [5, 5.41) is 13.8. The van der Waals surface area contributed by atoms with E-state index in [0.717, 1.165) is 15.8 Å². The van der Waals surface area contributed by atoms with E-state index in [9.17, 15) is 9.90 Å². The van der Waals surface area contributed by atoms with Gasteiger partial charge in [0.1, 0.15) is 5.75 Å². The summed E-state index contributed by atoms with van der Waals surface area (Å²) in [4.78, 5) is 11.8. The lowest BCUT2D eigenvalue weighted by Gasteiger charge is -2.05. The molecule has 0 fully saturated rings. The maximum absolute atomic E-state index is 11.8. The SMILES string of the molecule is C/C(=N\NC(=O)CSCc1cccc(Br)c1)c1ccccc1O. The van der Waals surface area contributed by atoms with Gasteiger partial charge in [0.25, 0.3) is 0 Å². The van der Waals surface area contributed by atoms with E-state index in [1.807, 2.05) is 30.3 Å². The van der Waals surface area contributed by atoms with Crippen LogP contribution in [0.2, 0.25) is 0 Å². The summed E-state index contributed by atoms with van der Waals surface area (Å²) < 4.78 is 1.03. The molecule has 0 spiro atoms. The van der Waals surface area contributed by atoms with Gasteiger partial charge in [-0.2, -0.15) is 5.10 Å². The molecule has 120 valence electrons. The molecule has 1 amide bonds. The molecule has 0 aliphatic rings. The molecule has 4 nitrogen and oxygen atoms in total. The number of phenolic OH excluding ortho intramolecular Hbond substituents is 1. The minimum Gasteiger partial charge on any atom is -0.507 e. The predicted octanol–water partition coefficient (Wildman–Crippen LogP) is 3.93. The van der Waals surface area contributed by atoms with Crippen molar-refractivity contribution >= 4 is 39.3 Å². The number of carbonyl (C=O) groups excluding carboxylic acids is 1. The molecule has 0 saturated carbocycles. The number of para-hydroxylation sites is 1. The van der Waals surface area contributed by atoms with Gasteiger partial charge < -0.3 is 5.11 Å². The van der Waals surface area contributed by atoms with Gasteiger partial charge in [-0.15, -0.1) is 11.8 Å². The maximum Gasteiger partial charge on any atom is 0.250 e. The fourth-order valence-electron chi connectivity index (χ4n) is 1.91. The molecule has 6 heteroatoms. The third-order valence-electron chi connectivity index (χ3n) is 3.03. The van der Waals surface area contributed by atoms with E-state index in [1.165, 1.54) is 11.8 Å². The second kappa shape index (κ2) is 8.74. The lowest BCUT2D eigenvalue weighted by atomic mass is 10.1. The molecule has 23 heavy (non-hydrogen) atoms. The first-order chi connectivity index (χ1) is 11.1. The fraction of sp³-hybridized carbons (Fsp3) is 0.176. The summed E-state index contributed by atoms with van der Waals surface area (Å²) in [6.07, 6.45) is 0. The first-order valence-corrected chi connectivity index (χ1v) is 8.94. The van der Waals surface area contributed by atoms with Gasteiger partial charge in [-0.1, -0.05) is 40.2 Å². The van der Waals surface area contributed by atoms with Gasteiger partial charge in [-0.25, -0.2) is 5.43 Å². The predicted molar refractivity (Wildman–Crippen MR) is 98.8 cm³/mol. The second-order valence-electron chi connectivity index (χ2n) is 4.87. The van der Waals surface area contributed by atoms with E-state index in [4.69, 9.17) is 0 Å². The Morgan fingerprint density at radius 2 is 2.04 bits per heavy atom. The summed E-state index contributed by atoms with van der Waals surface area (Å²) in [7, 11) is 0. The van der Waals surface area contributed by atoms with Gasteiger partial charge >= 0.3 is 0 Å². The number of hydrogen-bond donors (Lipinski definition) is 2. The Balaban J connectivity index is 1.81. The number of hydrazone groups is 1. The number of rotatable bonds is 6. The zero-order valence-corrected chi connectivity index (χ0v) is 15.0. The standard InChI is InChI=1S/C17H17BrN2O2S/c1-12(15-7-2-3-8-16(15)21)19-20-17(22)11-23-10-13-5-4-6-14(18)9-13/h2-9,21H,10-11H2,1H3,(H,20,22)/b19-12+. The molecule has 0 heterocycles. The molecule has 0 bridgehead atoms. The van der Waals surface area contributed by atoms with Crippen molar-refractivity contribution in [3.8, 4) is 5.75 Å². The summed E-state index contributed by atoms with van der Waals surface area (Å²) >= 11 is 4.95. The molecule has 0 atom stereocenters. The highest BCUT2D eigenvalue weighted by molar-refractivity contribution is 9.10. The van der Waals surface area contributed by atoms with E-state index in [0.29, 0.717) is 17.0 Å². The van der Waals surface area contributed by atoms with Crippen LogP contribution >= 0.6 is 27.7 Å². The molecule has 0 unspecified atom stereocenters. The number of hydrogen-bond acceptors (Lipinski definition) is 4. The first kappa shape index (κ1) is 17.6. The molecule has 0 saturated heterocycles. The van der Waals surface area contributed by atoms with Crippen LogP contribution in [0.25, 0.3) is 0 Å². The minimum absolute atomic E-state index is 0.145. The van der Waals surface area contributed by atoms with Crippen LogP contribution < -0.4 is 5.43 Å². The molecular weight excluding hydrogens is 376 g/mol. The van der Waals surface area contributed by atoms with Gasteiger partial charge in [0, 0.05) is 15.8 Å². The van der Waals surface area contributed by atoms with Crippen LogP contribution in [0.5, 0.6) is 5.75 Å². The lowest BCUT2D eigenvalue weighted by molar-refractivity contribution is -0.118. The average molecular weight is 393 g/mol.